The maximum absolute atomic E-state index is 13.1. The fourth-order valence-corrected chi connectivity index (χ4v) is 5.01. The number of halogens is 1. The quantitative estimate of drug-likeness (QED) is 0.440. The van der Waals surface area contributed by atoms with Crippen molar-refractivity contribution in [2.75, 3.05) is 12.9 Å². The lowest BCUT2D eigenvalue weighted by molar-refractivity contribution is 0.414. The minimum atomic E-state index is 0.00581. The van der Waals surface area contributed by atoms with Crippen molar-refractivity contribution >= 4 is 35.1 Å². The highest BCUT2D eigenvalue weighted by Gasteiger charge is 2.22. The van der Waals surface area contributed by atoms with Crippen LogP contribution in [-0.2, 0) is 12.2 Å². The van der Waals surface area contributed by atoms with Crippen LogP contribution in [0, 0.1) is 0 Å². The SMILES string of the molecule is COc1ccc(-n2c(SCc3ccc(Cl)cc3)nc3c(c2=O)SCC3)cc1. The van der Waals surface area contributed by atoms with Gasteiger partial charge in [-0.2, -0.15) is 0 Å². The molecule has 0 saturated heterocycles. The van der Waals surface area contributed by atoms with Crippen molar-refractivity contribution in [2.45, 2.75) is 22.2 Å². The molecule has 0 radical (unpaired) electrons. The molecule has 0 fully saturated rings. The molecule has 138 valence electrons. The highest BCUT2D eigenvalue weighted by atomic mass is 35.5. The summed E-state index contributed by atoms with van der Waals surface area (Å²) in [5.41, 5.74) is 2.84. The Labute approximate surface area is 170 Å². The fraction of sp³-hybridized carbons (Fsp3) is 0.200. The zero-order valence-electron chi connectivity index (χ0n) is 14.6. The molecule has 3 aromatic rings. The minimum Gasteiger partial charge on any atom is -0.497 e. The molecule has 27 heavy (non-hydrogen) atoms. The summed E-state index contributed by atoms with van der Waals surface area (Å²) in [7, 11) is 1.63. The van der Waals surface area contributed by atoms with Crippen LogP contribution in [0.1, 0.15) is 11.3 Å². The van der Waals surface area contributed by atoms with Crippen LogP contribution in [0.5, 0.6) is 5.75 Å². The molecule has 0 atom stereocenters. The van der Waals surface area contributed by atoms with Gasteiger partial charge in [-0.15, -0.1) is 11.8 Å². The molecule has 1 aromatic heterocycles. The van der Waals surface area contributed by atoms with Crippen molar-refractivity contribution < 1.29 is 4.74 Å². The number of benzene rings is 2. The van der Waals surface area contributed by atoms with Crippen LogP contribution in [0.4, 0.5) is 0 Å². The second-order valence-corrected chi connectivity index (χ2v) is 8.51. The predicted octanol–water partition coefficient (Wildman–Crippen LogP) is 4.84. The third-order valence-corrected chi connectivity index (χ3v) is 6.65. The second-order valence-electron chi connectivity index (χ2n) is 6.02. The van der Waals surface area contributed by atoms with Crippen LogP contribution in [0.15, 0.2) is 63.4 Å². The Morgan fingerprint density at radius 1 is 1.19 bits per heavy atom. The van der Waals surface area contributed by atoms with Gasteiger partial charge in [0.05, 0.1) is 23.4 Å². The van der Waals surface area contributed by atoms with E-state index in [-0.39, 0.29) is 5.56 Å². The Bertz CT molecular complexity index is 1020. The van der Waals surface area contributed by atoms with Crippen LogP contribution >= 0.6 is 35.1 Å². The summed E-state index contributed by atoms with van der Waals surface area (Å²) in [5.74, 6) is 2.38. The van der Waals surface area contributed by atoms with Crippen LogP contribution in [0.2, 0.25) is 5.02 Å². The topological polar surface area (TPSA) is 44.1 Å². The van der Waals surface area contributed by atoms with Gasteiger partial charge in [0.25, 0.3) is 5.56 Å². The Morgan fingerprint density at radius 3 is 2.63 bits per heavy atom. The van der Waals surface area contributed by atoms with E-state index in [9.17, 15) is 4.79 Å². The number of aryl methyl sites for hydroxylation is 1. The highest BCUT2D eigenvalue weighted by molar-refractivity contribution is 7.99. The summed E-state index contributed by atoms with van der Waals surface area (Å²) >= 11 is 9.12. The standard InChI is InChI=1S/C20H17ClN2O2S2/c1-25-16-8-6-15(7-9-16)23-19(24)18-17(10-11-26-18)22-20(23)27-12-13-2-4-14(21)5-3-13/h2-9H,10-12H2,1H3. The van der Waals surface area contributed by atoms with E-state index >= 15 is 0 Å². The van der Waals surface area contributed by atoms with Gasteiger partial charge < -0.3 is 4.74 Å². The third-order valence-electron chi connectivity index (χ3n) is 4.28. The molecule has 0 unspecified atom stereocenters. The van der Waals surface area contributed by atoms with E-state index in [4.69, 9.17) is 21.3 Å². The molecule has 0 N–H and O–H groups in total. The molecular weight excluding hydrogens is 400 g/mol. The smallest absolute Gasteiger partial charge is 0.272 e. The van der Waals surface area contributed by atoms with Gasteiger partial charge in [-0.25, -0.2) is 4.98 Å². The molecule has 2 aromatic carbocycles. The number of nitrogens with zero attached hydrogens (tertiary/aromatic N) is 2. The van der Waals surface area contributed by atoms with Gasteiger partial charge in [0.15, 0.2) is 5.16 Å². The van der Waals surface area contributed by atoms with Crippen LogP contribution in [-0.4, -0.2) is 22.4 Å². The molecule has 0 amide bonds. The molecule has 4 rings (SSSR count). The first-order chi connectivity index (χ1) is 13.2. The lowest BCUT2D eigenvalue weighted by atomic mass is 10.2. The monoisotopic (exact) mass is 416 g/mol. The van der Waals surface area contributed by atoms with Crippen molar-refractivity contribution in [3.05, 3.63) is 75.2 Å². The van der Waals surface area contributed by atoms with Crippen molar-refractivity contribution in [3.63, 3.8) is 0 Å². The largest absolute Gasteiger partial charge is 0.497 e. The van der Waals surface area contributed by atoms with Gasteiger partial charge >= 0.3 is 0 Å². The maximum Gasteiger partial charge on any atom is 0.272 e. The van der Waals surface area contributed by atoms with Crippen molar-refractivity contribution in [1.29, 1.82) is 0 Å². The summed E-state index contributed by atoms with van der Waals surface area (Å²) in [4.78, 5) is 18.7. The molecule has 1 aliphatic rings. The second kappa shape index (κ2) is 8.00. The normalized spacial score (nSPS) is 12.8. The number of aromatic nitrogens is 2. The lowest BCUT2D eigenvalue weighted by Gasteiger charge is -2.14. The van der Waals surface area contributed by atoms with Gasteiger partial charge in [0, 0.05) is 22.9 Å². The minimum absolute atomic E-state index is 0.00581. The molecule has 1 aliphatic heterocycles. The van der Waals surface area contributed by atoms with Crippen LogP contribution in [0.25, 0.3) is 5.69 Å². The van der Waals surface area contributed by atoms with Crippen molar-refractivity contribution in [1.82, 2.24) is 9.55 Å². The number of ether oxygens (including phenoxy) is 1. The number of fused-ring (bicyclic) bond motifs is 1. The van der Waals surface area contributed by atoms with Gasteiger partial charge in [0.2, 0.25) is 0 Å². The Hall–Kier alpha value is -1.89. The first-order valence-electron chi connectivity index (χ1n) is 8.46. The summed E-state index contributed by atoms with van der Waals surface area (Å²) in [5, 5.41) is 1.42. The molecule has 7 heteroatoms. The summed E-state index contributed by atoms with van der Waals surface area (Å²) in [6.45, 7) is 0. The van der Waals surface area contributed by atoms with Gasteiger partial charge in [-0.3, -0.25) is 9.36 Å². The highest BCUT2D eigenvalue weighted by Crippen LogP contribution is 2.31. The molecule has 4 nitrogen and oxygen atoms in total. The van der Waals surface area contributed by atoms with E-state index in [1.165, 1.54) is 0 Å². The number of rotatable bonds is 5. The molecule has 0 spiro atoms. The fourth-order valence-electron chi connectivity index (χ4n) is 2.88. The van der Waals surface area contributed by atoms with E-state index in [0.29, 0.717) is 15.9 Å². The Balaban J connectivity index is 1.73. The zero-order chi connectivity index (χ0) is 18.8. The van der Waals surface area contributed by atoms with Crippen LogP contribution in [0.3, 0.4) is 0 Å². The van der Waals surface area contributed by atoms with E-state index in [1.54, 1.807) is 35.2 Å². The van der Waals surface area contributed by atoms with E-state index in [0.717, 1.165) is 39.8 Å². The number of hydrogen-bond donors (Lipinski definition) is 0. The van der Waals surface area contributed by atoms with Crippen molar-refractivity contribution in [2.24, 2.45) is 0 Å². The molecule has 0 saturated carbocycles. The average Bonchev–Trinajstić information content (AvgIpc) is 3.17. The predicted molar refractivity (Wildman–Crippen MR) is 112 cm³/mol. The van der Waals surface area contributed by atoms with E-state index < -0.39 is 0 Å². The van der Waals surface area contributed by atoms with E-state index in [2.05, 4.69) is 0 Å². The summed E-state index contributed by atoms with van der Waals surface area (Å²) in [6.07, 6.45) is 0.840. The average molecular weight is 417 g/mol. The van der Waals surface area contributed by atoms with Gasteiger partial charge in [-0.05, 0) is 42.0 Å². The van der Waals surface area contributed by atoms with Crippen LogP contribution < -0.4 is 10.3 Å². The number of thioether (sulfide) groups is 2. The van der Waals surface area contributed by atoms with Crippen molar-refractivity contribution in [3.8, 4) is 11.4 Å². The number of hydrogen-bond acceptors (Lipinski definition) is 5. The van der Waals surface area contributed by atoms with Gasteiger partial charge in [0.1, 0.15) is 5.75 Å². The Morgan fingerprint density at radius 2 is 1.93 bits per heavy atom. The molecule has 0 aliphatic carbocycles. The summed E-state index contributed by atoms with van der Waals surface area (Å²) in [6, 6.07) is 15.2. The molecule has 0 bridgehead atoms. The Kier molecular flexibility index (Phi) is 5.48. The first-order valence-corrected chi connectivity index (χ1v) is 10.8. The van der Waals surface area contributed by atoms with E-state index in [1.807, 2.05) is 48.5 Å². The lowest BCUT2D eigenvalue weighted by Crippen LogP contribution is -2.23. The maximum atomic E-state index is 13.1. The third kappa shape index (κ3) is 3.88. The molecule has 2 heterocycles. The number of methoxy groups -OCH3 is 1. The molecular formula is C20H17ClN2O2S2. The summed E-state index contributed by atoms with van der Waals surface area (Å²) < 4.78 is 6.94. The van der Waals surface area contributed by atoms with Gasteiger partial charge in [-0.1, -0.05) is 35.5 Å². The first kappa shape index (κ1) is 18.5. The zero-order valence-corrected chi connectivity index (χ0v) is 17.0.